The Labute approximate surface area is 144 Å². The van der Waals surface area contributed by atoms with Crippen molar-refractivity contribution in [3.8, 4) is 11.3 Å². The van der Waals surface area contributed by atoms with Crippen molar-refractivity contribution >= 4 is 18.4 Å². The number of rotatable bonds is 3. The van der Waals surface area contributed by atoms with Crippen LogP contribution in [0, 0.1) is 13.8 Å². The highest BCUT2D eigenvalue weighted by atomic mass is 32.1. The van der Waals surface area contributed by atoms with E-state index in [1.54, 1.807) is 4.52 Å². The van der Waals surface area contributed by atoms with Gasteiger partial charge in [-0.3, -0.25) is 0 Å². The quantitative estimate of drug-likeness (QED) is 0.564. The molecule has 3 aromatic heterocycles. The average Bonchev–Trinajstić information content (AvgIpc) is 3.22. The van der Waals surface area contributed by atoms with E-state index in [4.69, 9.17) is 0 Å². The van der Waals surface area contributed by atoms with Gasteiger partial charge < -0.3 is 4.98 Å². The summed E-state index contributed by atoms with van der Waals surface area (Å²) in [5.41, 5.74) is 3.83. The van der Waals surface area contributed by atoms with Crippen molar-refractivity contribution in [2.24, 2.45) is 0 Å². The molecule has 0 aliphatic rings. The Balaban J connectivity index is 1.70. The smallest absolute Gasteiger partial charge is 0.252 e. The van der Waals surface area contributed by atoms with Crippen LogP contribution in [0.3, 0.4) is 0 Å². The molecule has 1 aromatic carbocycles. The second-order valence-electron chi connectivity index (χ2n) is 5.66. The molecular formula is C17H16N6S. The Kier molecular flexibility index (Phi) is 3.57. The van der Waals surface area contributed by atoms with Crippen LogP contribution in [0.25, 0.3) is 17.0 Å². The van der Waals surface area contributed by atoms with Crippen LogP contribution in [0.15, 0.2) is 42.6 Å². The maximum atomic E-state index is 4.65. The second kappa shape index (κ2) is 5.76. The van der Waals surface area contributed by atoms with Gasteiger partial charge in [-0.2, -0.15) is 17.6 Å². The average molecular weight is 336 g/mol. The number of fused-ring (bicyclic) bond motifs is 1. The standard InChI is InChI=1S/C17H16N6S/c1-10-8-11(2)23-17(19-10)21-16(22-23)14(24)15-18-9-13(20-15)12-6-4-3-5-7-12/h3-9,14,24H,1-2H3,(H,18,20). The third-order valence-corrected chi connectivity index (χ3v) is 4.28. The van der Waals surface area contributed by atoms with Crippen molar-refractivity contribution in [1.82, 2.24) is 29.5 Å². The van der Waals surface area contributed by atoms with Gasteiger partial charge in [-0.05, 0) is 19.9 Å². The number of thiol groups is 1. The highest BCUT2D eigenvalue weighted by molar-refractivity contribution is 7.80. The molecule has 0 aliphatic carbocycles. The SMILES string of the molecule is Cc1cc(C)n2nc(C(S)c3nc(-c4ccccc4)c[nH]3)nc2n1. The van der Waals surface area contributed by atoms with E-state index < -0.39 is 0 Å². The zero-order chi connectivity index (χ0) is 16.7. The molecule has 7 heteroatoms. The summed E-state index contributed by atoms with van der Waals surface area (Å²) in [6.07, 6.45) is 1.87. The highest BCUT2D eigenvalue weighted by Crippen LogP contribution is 2.26. The van der Waals surface area contributed by atoms with Gasteiger partial charge in [0.15, 0.2) is 5.82 Å². The molecule has 1 unspecified atom stereocenters. The van der Waals surface area contributed by atoms with E-state index in [0.29, 0.717) is 17.4 Å². The van der Waals surface area contributed by atoms with Gasteiger partial charge >= 0.3 is 0 Å². The summed E-state index contributed by atoms with van der Waals surface area (Å²) in [5, 5.41) is 4.17. The summed E-state index contributed by atoms with van der Waals surface area (Å²) < 4.78 is 1.73. The van der Waals surface area contributed by atoms with Crippen molar-refractivity contribution in [3.63, 3.8) is 0 Å². The third kappa shape index (κ3) is 2.56. The van der Waals surface area contributed by atoms with Crippen LogP contribution in [-0.4, -0.2) is 29.5 Å². The van der Waals surface area contributed by atoms with Crippen LogP contribution >= 0.6 is 12.6 Å². The lowest BCUT2D eigenvalue weighted by atomic mass is 10.2. The highest BCUT2D eigenvalue weighted by Gasteiger charge is 2.20. The van der Waals surface area contributed by atoms with E-state index in [0.717, 1.165) is 22.6 Å². The first kappa shape index (κ1) is 14.9. The first-order valence-electron chi connectivity index (χ1n) is 7.61. The van der Waals surface area contributed by atoms with Crippen LogP contribution in [-0.2, 0) is 0 Å². The maximum absolute atomic E-state index is 4.65. The zero-order valence-electron chi connectivity index (χ0n) is 13.3. The molecular weight excluding hydrogens is 320 g/mol. The Morgan fingerprint density at radius 2 is 1.88 bits per heavy atom. The first-order chi connectivity index (χ1) is 11.6. The van der Waals surface area contributed by atoms with Gasteiger partial charge in [0.25, 0.3) is 5.78 Å². The van der Waals surface area contributed by atoms with Crippen LogP contribution in [0.2, 0.25) is 0 Å². The number of nitrogens with zero attached hydrogens (tertiary/aromatic N) is 5. The van der Waals surface area contributed by atoms with E-state index in [2.05, 4.69) is 37.7 Å². The van der Waals surface area contributed by atoms with E-state index >= 15 is 0 Å². The van der Waals surface area contributed by atoms with Crippen molar-refractivity contribution < 1.29 is 0 Å². The largest absolute Gasteiger partial charge is 0.347 e. The maximum Gasteiger partial charge on any atom is 0.252 e. The van der Waals surface area contributed by atoms with E-state index in [-0.39, 0.29) is 5.25 Å². The molecule has 24 heavy (non-hydrogen) atoms. The molecule has 1 N–H and O–H groups in total. The monoisotopic (exact) mass is 336 g/mol. The summed E-state index contributed by atoms with van der Waals surface area (Å²) in [6.45, 7) is 3.92. The van der Waals surface area contributed by atoms with Crippen molar-refractivity contribution in [1.29, 1.82) is 0 Å². The molecule has 120 valence electrons. The fraction of sp³-hybridized carbons (Fsp3) is 0.176. The minimum Gasteiger partial charge on any atom is -0.347 e. The number of aromatic nitrogens is 6. The normalized spacial score (nSPS) is 12.6. The molecule has 4 rings (SSSR count). The number of hydrogen-bond donors (Lipinski definition) is 2. The van der Waals surface area contributed by atoms with E-state index in [1.165, 1.54) is 0 Å². The van der Waals surface area contributed by atoms with Gasteiger partial charge in [0.05, 0.1) is 5.69 Å². The number of imidazole rings is 1. The summed E-state index contributed by atoms with van der Waals surface area (Å²) in [7, 11) is 0. The minimum atomic E-state index is -0.344. The molecule has 0 amide bonds. The van der Waals surface area contributed by atoms with Gasteiger partial charge in [0, 0.05) is 23.1 Å². The van der Waals surface area contributed by atoms with Gasteiger partial charge in [-0.25, -0.2) is 14.5 Å². The number of benzene rings is 1. The number of hydrogen-bond acceptors (Lipinski definition) is 5. The molecule has 0 radical (unpaired) electrons. The molecule has 0 saturated carbocycles. The van der Waals surface area contributed by atoms with Crippen molar-refractivity contribution in [3.05, 3.63) is 65.6 Å². The third-order valence-electron chi connectivity index (χ3n) is 3.81. The van der Waals surface area contributed by atoms with Crippen LogP contribution < -0.4 is 0 Å². The molecule has 3 heterocycles. The van der Waals surface area contributed by atoms with Crippen LogP contribution in [0.1, 0.15) is 28.3 Å². The number of aromatic amines is 1. The lowest BCUT2D eigenvalue weighted by Gasteiger charge is -2.01. The molecule has 0 aliphatic heterocycles. The lowest BCUT2D eigenvalue weighted by Crippen LogP contribution is -2.00. The molecule has 0 bridgehead atoms. The Hall–Kier alpha value is -2.67. The topological polar surface area (TPSA) is 71.8 Å². The Bertz CT molecular complexity index is 1000. The zero-order valence-corrected chi connectivity index (χ0v) is 14.2. The number of aryl methyl sites for hydroxylation is 2. The predicted molar refractivity (Wildman–Crippen MR) is 95.1 cm³/mol. The first-order valence-corrected chi connectivity index (χ1v) is 8.13. The summed E-state index contributed by atoms with van der Waals surface area (Å²) >= 11 is 4.65. The van der Waals surface area contributed by atoms with Crippen molar-refractivity contribution in [2.75, 3.05) is 0 Å². The molecule has 0 saturated heterocycles. The molecule has 4 aromatic rings. The Morgan fingerprint density at radius 3 is 2.67 bits per heavy atom. The fourth-order valence-electron chi connectivity index (χ4n) is 2.65. The predicted octanol–water partition coefficient (Wildman–Crippen LogP) is 3.15. The number of H-pyrrole nitrogens is 1. The van der Waals surface area contributed by atoms with Gasteiger partial charge in [-0.15, -0.1) is 5.10 Å². The summed E-state index contributed by atoms with van der Waals surface area (Å²) in [5.74, 6) is 1.87. The minimum absolute atomic E-state index is 0.344. The second-order valence-corrected chi connectivity index (χ2v) is 6.18. The number of nitrogens with one attached hydrogen (secondary N) is 1. The summed E-state index contributed by atoms with van der Waals surface area (Å²) in [4.78, 5) is 16.7. The Morgan fingerprint density at radius 1 is 1.08 bits per heavy atom. The molecule has 0 spiro atoms. The van der Waals surface area contributed by atoms with E-state index in [1.807, 2.05) is 56.4 Å². The van der Waals surface area contributed by atoms with Gasteiger partial charge in [-0.1, -0.05) is 30.3 Å². The summed E-state index contributed by atoms with van der Waals surface area (Å²) in [6, 6.07) is 12.0. The molecule has 0 fully saturated rings. The lowest BCUT2D eigenvalue weighted by molar-refractivity contribution is 0.837. The van der Waals surface area contributed by atoms with Crippen LogP contribution in [0.4, 0.5) is 0 Å². The van der Waals surface area contributed by atoms with Gasteiger partial charge in [0.1, 0.15) is 11.1 Å². The van der Waals surface area contributed by atoms with E-state index in [9.17, 15) is 0 Å². The van der Waals surface area contributed by atoms with Gasteiger partial charge in [0.2, 0.25) is 0 Å². The molecule has 1 atom stereocenters. The molecule has 6 nitrogen and oxygen atoms in total. The fourth-order valence-corrected chi connectivity index (χ4v) is 2.90. The van der Waals surface area contributed by atoms with Crippen molar-refractivity contribution in [2.45, 2.75) is 19.1 Å². The van der Waals surface area contributed by atoms with Crippen LogP contribution in [0.5, 0.6) is 0 Å².